The number of hydrogen-bond donors (Lipinski definition) is 2. The summed E-state index contributed by atoms with van der Waals surface area (Å²) in [6.07, 6.45) is 5.14. The summed E-state index contributed by atoms with van der Waals surface area (Å²) >= 11 is 0. The van der Waals surface area contributed by atoms with E-state index in [1.807, 2.05) is 18.3 Å². The monoisotopic (exact) mass is 193 g/mol. The second kappa shape index (κ2) is 3.43. The van der Waals surface area contributed by atoms with Gasteiger partial charge in [0, 0.05) is 11.9 Å². The van der Waals surface area contributed by atoms with Crippen LogP contribution in [0.1, 0.15) is 38.8 Å². The van der Waals surface area contributed by atoms with Crippen molar-refractivity contribution in [2.75, 3.05) is 0 Å². The zero-order valence-electron chi connectivity index (χ0n) is 8.96. The molecule has 1 heterocycles. The van der Waals surface area contributed by atoms with Crippen LogP contribution in [0.25, 0.3) is 0 Å². The summed E-state index contributed by atoms with van der Waals surface area (Å²) in [7, 11) is 0. The minimum Gasteiger partial charge on any atom is -0.383 e. The summed E-state index contributed by atoms with van der Waals surface area (Å²) in [4.78, 5) is 3.15. The molecule has 14 heavy (non-hydrogen) atoms. The Labute approximate surface area is 85.3 Å². The van der Waals surface area contributed by atoms with Crippen LogP contribution in [0.3, 0.4) is 0 Å². The molecular weight excluding hydrogens is 174 g/mol. The quantitative estimate of drug-likeness (QED) is 0.706. The van der Waals surface area contributed by atoms with E-state index in [9.17, 15) is 5.11 Å². The SMILES string of the molecule is CC1CCCC(O)(c2ccc[nH]2)C1C. The minimum absolute atomic E-state index is 0.342. The second-order valence-electron chi connectivity index (χ2n) is 4.67. The van der Waals surface area contributed by atoms with Crippen molar-refractivity contribution < 1.29 is 5.11 Å². The molecule has 0 aliphatic heterocycles. The standard InChI is InChI=1S/C12H19NO/c1-9-5-3-7-12(14,10(9)2)11-6-4-8-13-11/h4,6,8-10,13-14H,3,5,7H2,1-2H3. The van der Waals surface area contributed by atoms with Crippen molar-refractivity contribution in [3.05, 3.63) is 24.0 Å². The Morgan fingerprint density at radius 2 is 2.29 bits per heavy atom. The van der Waals surface area contributed by atoms with Gasteiger partial charge in [-0.1, -0.05) is 20.3 Å². The van der Waals surface area contributed by atoms with Gasteiger partial charge in [-0.2, -0.15) is 0 Å². The van der Waals surface area contributed by atoms with Crippen LogP contribution in [0, 0.1) is 11.8 Å². The molecule has 2 N–H and O–H groups in total. The van der Waals surface area contributed by atoms with E-state index < -0.39 is 5.60 Å². The third-order valence-electron chi connectivity index (χ3n) is 3.89. The van der Waals surface area contributed by atoms with Crippen LogP contribution in [0.5, 0.6) is 0 Å². The summed E-state index contributed by atoms with van der Waals surface area (Å²) in [5.74, 6) is 0.951. The van der Waals surface area contributed by atoms with Gasteiger partial charge in [0.25, 0.3) is 0 Å². The Hall–Kier alpha value is -0.760. The number of aromatic nitrogens is 1. The fraction of sp³-hybridized carbons (Fsp3) is 0.667. The van der Waals surface area contributed by atoms with Gasteiger partial charge in [-0.3, -0.25) is 0 Å². The largest absolute Gasteiger partial charge is 0.383 e. The highest BCUT2D eigenvalue weighted by Gasteiger charge is 2.41. The lowest BCUT2D eigenvalue weighted by atomic mass is 9.69. The molecule has 3 unspecified atom stereocenters. The van der Waals surface area contributed by atoms with E-state index in [-0.39, 0.29) is 0 Å². The zero-order chi connectivity index (χ0) is 10.2. The molecule has 1 saturated carbocycles. The molecule has 0 bridgehead atoms. The van der Waals surface area contributed by atoms with E-state index >= 15 is 0 Å². The Bertz CT molecular complexity index is 293. The normalized spacial score (nSPS) is 38.5. The van der Waals surface area contributed by atoms with Crippen LogP contribution in [0.2, 0.25) is 0 Å². The number of nitrogens with one attached hydrogen (secondary N) is 1. The maximum absolute atomic E-state index is 10.6. The Balaban J connectivity index is 2.30. The maximum Gasteiger partial charge on any atom is 0.107 e. The van der Waals surface area contributed by atoms with E-state index in [0.29, 0.717) is 11.8 Å². The van der Waals surface area contributed by atoms with Crippen LogP contribution in [0.4, 0.5) is 0 Å². The molecule has 1 fully saturated rings. The van der Waals surface area contributed by atoms with Gasteiger partial charge in [-0.25, -0.2) is 0 Å². The van der Waals surface area contributed by atoms with Gasteiger partial charge in [0.1, 0.15) is 5.60 Å². The summed E-state index contributed by atoms with van der Waals surface area (Å²) in [6.45, 7) is 4.39. The third-order valence-corrected chi connectivity index (χ3v) is 3.89. The number of hydrogen-bond acceptors (Lipinski definition) is 1. The molecule has 0 amide bonds. The molecule has 2 nitrogen and oxygen atoms in total. The molecule has 2 heteroatoms. The molecule has 0 spiro atoms. The lowest BCUT2D eigenvalue weighted by molar-refractivity contribution is -0.0718. The lowest BCUT2D eigenvalue weighted by Gasteiger charge is -2.41. The topological polar surface area (TPSA) is 36.0 Å². The first-order chi connectivity index (χ1) is 6.64. The zero-order valence-corrected chi connectivity index (χ0v) is 8.96. The van der Waals surface area contributed by atoms with Crippen LogP contribution in [-0.2, 0) is 5.60 Å². The Morgan fingerprint density at radius 1 is 1.50 bits per heavy atom. The predicted octanol–water partition coefficient (Wildman–Crippen LogP) is 2.66. The molecule has 2 rings (SSSR count). The van der Waals surface area contributed by atoms with Gasteiger partial charge in [0.2, 0.25) is 0 Å². The van der Waals surface area contributed by atoms with Crippen molar-refractivity contribution >= 4 is 0 Å². The fourth-order valence-electron chi connectivity index (χ4n) is 2.62. The highest BCUT2D eigenvalue weighted by Crippen LogP contribution is 2.43. The molecule has 78 valence electrons. The smallest absolute Gasteiger partial charge is 0.107 e. The Morgan fingerprint density at radius 3 is 2.93 bits per heavy atom. The van der Waals surface area contributed by atoms with Gasteiger partial charge < -0.3 is 10.1 Å². The molecular formula is C12H19NO. The highest BCUT2D eigenvalue weighted by molar-refractivity contribution is 5.16. The fourth-order valence-corrected chi connectivity index (χ4v) is 2.62. The van der Waals surface area contributed by atoms with E-state index in [1.54, 1.807) is 0 Å². The summed E-state index contributed by atoms with van der Waals surface area (Å²) in [5.41, 5.74) is 0.359. The average Bonchev–Trinajstić information content (AvgIpc) is 2.67. The lowest BCUT2D eigenvalue weighted by Crippen LogP contribution is -2.40. The molecule has 3 atom stereocenters. The number of aromatic amines is 1. The van der Waals surface area contributed by atoms with Crippen LogP contribution in [-0.4, -0.2) is 10.1 Å². The predicted molar refractivity (Wildman–Crippen MR) is 56.9 cm³/mol. The molecule has 1 aromatic rings. The molecule has 1 aliphatic rings. The molecule has 1 aromatic heterocycles. The third kappa shape index (κ3) is 1.38. The van der Waals surface area contributed by atoms with Gasteiger partial charge in [0.05, 0.1) is 0 Å². The van der Waals surface area contributed by atoms with Gasteiger partial charge >= 0.3 is 0 Å². The van der Waals surface area contributed by atoms with E-state index in [2.05, 4.69) is 18.8 Å². The van der Waals surface area contributed by atoms with Crippen molar-refractivity contribution in [1.82, 2.24) is 4.98 Å². The molecule has 1 aliphatic carbocycles. The number of aliphatic hydroxyl groups is 1. The first-order valence-corrected chi connectivity index (χ1v) is 5.51. The van der Waals surface area contributed by atoms with Gasteiger partial charge in [-0.15, -0.1) is 0 Å². The molecule has 0 aromatic carbocycles. The average molecular weight is 193 g/mol. The van der Waals surface area contributed by atoms with Crippen molar-refractivity contribution in [3.8, 4) is 0 Å². The van der Waals surface area contributed by atoms with E-state index in [4.69, 9.17) is 0 Å². The molecule has 0 saturated heterocycles. The number of H-pyrrole nitrogens is 1. The molecule has 0 radical (unpaired) electrons. The van der Waals surface area contributed by atoms with Crippen LogP contribution >= 0.6 is 0 Å². The summed E-state index contributed by atoms with van der Waals surface area (Å²) in [5, 5.41) is 10.6. The Kier molecular flexibility index (Phi) is 2.40. The van der Waals surface area contributed by atoms with Crippen LogP contribution < -0.4 is 0 Å². The number of rotatable bonds is 1. The van der Waals surface area contributed by atoms with Gasteiger partial charge in [0.15, 0.2) is 0 Å². The summed E-state index contributed by atoms with van der Waals surface area (Å²) in [6, 6.07) is 3.95. The van der Waals surface area contributed by atoms with Crippen molar-refractivity contribution in [3.63, 3.8) is 0 Å². The van der Waals surface area contributed by atoms with Crippen molar-refractivity contribution in [2.45, 2.75) is 38.7 Å². The highest BCUT2D eigenvalue weighted by atomic mass is 16.3. The van der Waals surface area contributed by atoms with Crippen LogP contribution in [0.15, 0.2) is 18.3 Å². The van der Waals surface area contributed by atoms with Gasteiger partial charge in [-0.05, 0) is 36.8 Å². The maximum atomic E-state index is 10.6. The van der Waals surface area contributed by atoms with E-state index in [1.165, 1.54) is 6.42 Å². The van der Waals surface area contributed by atoms with E-state index in [0.717, 1.165) is 18.5 Å². The second-order valence-corrected chi connectivity index (χ2v) is 4.67. The minimum atomic E-state index is -0.624. The van der Waals surface area contributed by atoms with Crippen molar-refractivity contribution in [2.24, 2.45) is 11.8 Å². The first-order valence-electron chi connectivity index (χ1n) is 5.51. The van der Waals surface area contributed by atoms with Crippen molar-refractivity contribution in [1.29, 1.82) is 0 Å². The summed E-state index contributed by atoms with van der Waals surface area (Å²) < 4.78 is 0. The first kappa shape index (κ1) is 9.78.